The minimum atomic E-state index is -0.843. The van der Waals surface area contributed by atoms with Crippen LogP contribution in [0.25, 0.3) is 10.6 Å². The van der Waals surface area contributed by atoms with Crippen molar-refractivity contribution in [1.29, 1.82) is 0 Å². The van der Waals surface area contributed by atoms with E-state index in [9.17, 15) is 15.0 Å². The Balaban J connectivity index is 1.66. The van der Waals surface area contributed by atoms with E-state index in [-0.39, 0.29) is 25.4 Å². The average Bonchev–Trinajstić information content (AvgIpc) is 3.08. The summed E-state index contributed by atoms with van der Waals surface area (Å²) >= 11 is 1.51. The van der Waals surface area contributed by atoms with E-state index in [0.29, 0.717) is 0 Å². The summed E-state index contributed by atoms with van der Waals surface area (Å²) < 4.78 is 0. The molecule has 6 heteroatoms. The van der Waals surface area contributed by atoms with Gasteiger partial charge >= 0.3 is 0 Å². The fraction of sp³-hybridized carbons (Fsp3) is 0.333. The van der Waals surface area contributed by atoms with Crippen molar-refractivity contribution in [3.8, 4) is 10.6 Å². The molecule has 110 valence electrons. The summed E-state index contributed by atoms with van der Waals surface area (Å²) in [5, 5.41) is 21.7. The molecule has 0 bridgehead atoms. The van der Waals surface area contributed by atoms with Crippen LogP contribution in [-0.2, 0) is 11.2 Å². The quantitative estimate of drug-likeness (QED) is 0.884. The highest BCUT2D eigenvalue weighted by molar-refractivity contribution is 7.13. The summed E-state index contributed by atoms with van der Waals surface area (Å²) in [7, 11) is 0. The van der Waals surface area contributed by atoms with Gasteiger partial charge in [-0.15, -0.1) is 11.3 Å². The number of aromatic nitrogens is 1. The van der Waals surface area contributed by atoms with Crippen molar-refractivity contribution in [3.63, 3.8) is 0 Å². The van der Waals surface area contributed by atoms with Crippen molar-refractivity contribution < 1.29 is 15.0 Å². The number of rotatable bonds is 3. The molecule has 0 aliphatic carbocycles. The molecule has 5 nitrogen and oxygen atoms in total. The summed E-state index contributed by atoms with van der Waals surface area (Å²) in [6.07, 6.45) is -1.49. The van der Waals surface area contributed by atoms with E-state index in [1.807, 2.05) is 35.7 Å². The third kappa shape index (κ3) is 3.12. The highest BCUT2D eigenvalue weighted by atomic mass is 32.1. The molecule has 0 spiro atoms. The predicted molar refractivity (Wildman–Crippen MR) is 79.8 cm³/mol. The van der Waals surface area contributed by atoms with Crippen molar-refractivity contribution in [1.82, 2.24) is 9.88 Å². The molecule has 1 aromatic carbocycles. The molecule has 1 fully saturated rings. The van der Waals surface area contributed by atoms with Crippen molar-refractivity contribution >= 4 is 17.2 Å². The molecule has 2 heterocycles. The number of carbonyl (C=O) groups is 1. The van der Waals surface area contributed by atoms with E-state index in [4.69, 9.17) is 0 Å². The second kappa shape index (κ2) is 5.93. The molecule has 1 aliphatic heterocycles. The Morgan fingerprint density at radius 3 is 2.57 bits per heavy atom. The largest absolute Gasteiger partial charge is 0.388 e. The molecule has 1 aliphatic rings. The molecule has 3 rings (SSSR count). The van der Waals surface area contributed by atoms with E-state index < -0.39 is 12.2 Å². The van der Waals surface area contributed by atoms with E-state index >= 15 is 0 Å². The minimum absolute atomic E-state index is 0.115. The number of carbonyl (C=O) groups excluding carboxylic acids is 1. The van der Waals surface area contributed by atoms with Crippen molar-refractivity contribution in [2.45, 2.75) is 18.6 Å². The zero-order chi connectivity index (χ0) is 14.8. The minimum Gasteiger partial charge on any atom is -0.388 e. The fourth-order valence-electron chi connectivity index (χ4n) is 2.34. The van der Waals surface area contributed by atoms with Crippen molar-refractivity contribution in [2.24, 2.45) is 0 Å². The predicted octanol–water partition coefficient (Wildman–Crippen LogP) is 0.917. The van der Waals surface area contributed by atoms with Crippen LogP contribution in [0, 0.1) is 0 Å². The molecule has 2 N–H and O–H groups in total. The van der Waals surface area contributed by atoms with Gasteiger partial charge in [-0.25, -0.2) is 4.98 Å². The van der Waals surface area contributed by atoms with Crippen LogP contribution in [0.2, 0.25) is 0 Å². The van der Waals surface area contributed by atoms with Gasteiger partial charge in [-0.3, -0.25) is 4.79 Å². The highest BCUT2D eigenvalue weighted by Gasteiger charge is 2.32. The summed E-state index contributed by atoms with van der Waals surface area (Å²) in [6.45, 7) is 0.380. The number of thiazole rings is 1. The molecule has 21 heavy (non-hydrogen) atoms. The Morgan fingerprint density at radius 2 is 1.90 bits per heavy atom. The SMILES string of the molecule is O=C(Cc1csc(-c2ccccc2)n1)N1CC(O)C(O)C1. The van der Waals surface area contributed by atoms with Gasteiger partial charge in [0.2, 0.25) is 5.91 Å². The topological polar surface area (TPSA) is 73.7 Å². The first-order valence-electron chi connectivity index (χ1n) is 6.77. The van der Waals surface area contributed by atoms with Gasteiger partial charge in [-0.2, -0.15) is 0 Å². The van der Waals surface area contributed by atoms with Crippen molar-refractivity contribution in [2.75, 3.05) is 13.1 Å². The smallest absolute Gasteiger partial charge is 0.228 e. The van der Waals surface area contributed by atoms with Crippen LogP contribution in [-0.4, -0.2) is 51.3 Å². The molecular weight excluding hydrogens is 288 g/mol. The summed E-state index contributed by atoms with van der Waals surface area (Å²) in [5.74, 6) is -0.115. The highest BCUT2D eigenvalue weighted by Crippen LogP contribution is 2.24. The molecule has 1 aromatic heterocycles. The maximum absolute atomic E-state index is 12.1. The molecule has 2 atom stereocenters. The van der Waals surface area contributed by atoms with Gasteiger partial charge in [0.15, 0.2) is 0 Å². The van der Waals surface area contributed by atoms with Crippen molar-refractivity contribution in [3.05, 3.63) is 41.4 Å². The van der Waals surface area contributed by atoms with Crippen LogP contribution in [0.1, 0.15) is 5.69 Å². The second-order valence-corrected chi connectivity index (χ2v) is 5.98. The standard InChI is InChI=1S/C15H16N2O3S/c18-12-7-17(8-13(12)19)14(20)6-11-9-21-15(16-11)10-4-2-1-3-5-10/h1-5,9,12-13,18-19H,6-8H2. The number of likely N-dealkylation sites (tertiary alicyclic amines) is 1. The zero-order valence-electron chi connectivity index (χ0n) is 11.3. The van der Waals surface area contributed by atoms with Crippen LogP contribution in [0.15, 0.2) is 35.7 Å². The van der Waals surface area contributed by atoms with Gasteiger partial charge in [0.25, 0.3) is 0 Å². The van der Waals surface area contributed by atoms with Crippen LogP contribution in [0.4, 0.5) is 0 Å². The third-order valence-electron chi connectivity index (χ3n) is 3.52. The maximum atomic E-state index is 12.1. The number of β-amino-alcohol motifs (C(OH)–C–C–N with tert-alkyl or cyclic N) is 2. The molecule has 2 aromatic rings. The molecule has 2 unspecified atom stereocenters. The summed E-state index contributed by atoms with van der Waals surface area (Å²) in [5.41, 5.74) is 1.76. The maximum Gasteiger partial charge on any atom is 0.228 e. The van der Waals surface area contributed by atoms with Crippen LogP contribution in [0.5, 0.6) is 0 Å². The normalized spacial score (nSPS) is 21.7. The molecule has 1 amide bonds. The summed E-state index contributed by atoms with van der Waals surface area (Å²) in [4.78, 5) is 18.1. The first-order valence-corrected chi connectivity index (χ1v) is 7.65. The van der Waals surface area contributed by atoms with Gasteiger partial charge in [-0.05, 0) is 0 Å². The number of hydrogen-bond donors (Lipinski definition) is 2. The Kier molecular flexibility index (Phi) is 4.01. The average molecular weight is 304 g/mol. The van der Waals surface area contributed by atoms with Crippen LogP contribution < -0.4 is 0 Å². The molecule has 1 saturated heterocycles. The number of benzene rings is 1. The Hall–Kier alpha value is -1.76. The Morgan fingerprint density at radius 1 is 1.24 bits per heavy atom. The second-order valence-electron chi connectivity index (χ2n) is 5.12. The fourth-order valence-corrected chi connectivity index (χ4v) is 3.17. The number of amides is 1. The van der Waals surface area contributed by atoms with E-state index in [0.717, 1.165) is 16.3 Å². The molecule has 0 radical (unpaired) electrons. The van der Waals surface area contributed by atoms with E-state index in [1.165, 1.54) is 16.2 Å². The van der Waals surface area contributed by atoms with Crippen LogP contribution >= 0.6 is 11.3 Å². The van der Waals surface area contributed by atoms with Gasteiger partial charge < -0.3 is 15.1 Å². The number of aliphatic hydroxyl groups is 2. The van der Waals surface area contributed by atoms with Gasteiger partial charge in [-0.1, -0.05) is 30.3 Å². The lowest BCUT2D eigenvalue weighted by Gasteiger charge is -2.14. The number of aliphatic hydroxyl groups excluding tert-OH is 2. The van der Waals surface area contributed by atoms with E-state index in [2.05, 4.69) is 4.98 Å². The lowest BCUT2D eigenvalue weighted by atomic mass is 10.2. The first-order chi connectivity index (χ1) is 10.1. The van der Waals surface area contributed by atoms with E-state index in [1.54, 1.807) is 0 Å². The molecular formula is C15H16N2O3S. The summed E-state index contributed by atoms with van der Waals surface area (Å²) in [6, 6.07) is 9.82. The van der Waals surface area contributed by atoms with Crippen LogP contribution in [0.3, 0.4) is 0 Å². The van der Waals surface area contributed by atoms with Gasteiger partial charge in [0.05, 0.1) is 24.3 Å². The van der Waals surface area contributed by atoms with Gasteiger partial charge in [0, 0.05) is 24.0 Å². The van der Waals surface area contributed by atoms with Gasteiger partial charge in [0.1, 0.15) is 5.01 Å². The monoisotopic (exact) mass is 304 g/mol. The molecule has 0 saturated carbocycles. The lowest BCUT2D eigenvalue weighted by Crippen LogP contribution is -2.31. The number of nitrogens with zero attached hydrogens (tertiary/aromatic N) is 2. The third-order valence-corrected chi connectivity index (χ3v) is 4.46. The Labute approximate surface area is 126 Å². The Bertz CT molecular complexity index is 619. The number of hydrogen-bond acceptors (Lipinski definition) is 5. The lowest BCUT2D eigenvalue weighted by molar-refractivity contribution is -0.130. The zero-order valence-corrected chi connectivity index (χ0v) is 12.2. The first kappa shape index (κ1) is 14.2.